The summed E-state index contributed by atoms with van der Waals surface area (Å²) in [6.07, 6.45) is 14.0. The van der Waals surface area contributed by atoms with Crippen LogP contribution in [0.5, 0.6) is 0 Å². The van der Waals surface area contributed by atoms with E-state index in [0.717, 1.165) is 64.2 Å². The molecule has 4 N–H and O–H groups in total. The minimum Gasteiger partial charge on any atom is -0.352 e. The lowest BCUT2D eigenvalue weighted by atomic mass is 9.95. The first-order chi connectivity index (χ1) is 16.0. The predicted molar refractivity (Wildman–Crippen MR) is 124 cm³/mol. The topological polar surface area (TPSA) is 128 Å². The number of carbonyl (C=O) groups excluding carboxylic acids is 4. The highest BCUT2D eigenvalue weighted by atomic mass is 16.5. The van der Waals surface area contributed by atoms with Gasteiger partial charge in [-0.3, -0.25) is 24.4 Å². The van der Waals surface area contributed by atoms with Crippen LogP contribution in [0.1, 0.15) is 103 Å². The highest BCUT2D eigenvalue weighted by Gasteiger charge is 2.24. The molecule has 0 saturated heterocycles. The fraction of sp³-hybridized carbons (Fsp3) is 0.833. The molecule has 188 valence electrons. The van der Waals surface area contributed by atoms with Crippen LogP contribution in [-0.4, -0.2) is 58.9 Å². The number of unbranched alkanes of at least 4 members (excludes halogenated alkanes) is 3. The van der Waals surface area contributed by atoms with E-state index in [9.17, 15) is 19.2 Å². The molecule has 0 aromatic heterocycles. The monoisotopic (exact) mass is 466 g/mol. The third kappa shape index (κ3) is 11.5. The number of hydrogen-bond acceptors (Lipinski definition) is 5. The molecular formula is C24H42N4O5. The van der Waals surface area contributed by atoms with Gasteiger partial charge >= 0.3 is 0 Å². The zero-order valence-corrected chi connectivity index (χ0v) is 19.9. The van der Waals surface area contributed by atoms with E-state index < -0.39 is 5.91 Å². The van der Waals surface area contributed by atoms with Crippen molar-refractivity contribution in [2.75, 3.05) is 13.1 Å². The van der Waals surface area contributed by atoms with Crippen molar-refractivity contribution in [2.45, 2.75) is 115 Å². The molecule has 33 heavy (non-hydrogen) atoms. The lowest BCUT2D eigenvalue weighted by molar-refractivity contribution is -0.139. The van der Waals surface area contributed by atoms with Gasteiger partial charge in [-0.1, -0.05) is 51.4 Å². The molecule has 0 atom stereocenters. The third-order valence-corrected chi connectivity index (χ3v) is 6.63. The normalized spacial score (nSPS) is 17.2. The van der Waals surface area contributed by atoms with Gasteiger partial charge in [-0.2, -0.15) is 0 Å². The van der Waals surface area contributed by atoms with E-state index in [1.165, 1.54) is 17.7 Å². The Kier molecular flexibility index (Phi) is 12.8. The molecule has 0 spiro atoms. The summed E-state index contributed by atoms with van der Waals surface area (Å²) in [6.45, 7) is -0.186. The zero-order valence-electron chi connectivity index (χ0n) is 19.9. The van der Waals surface area contributed by atoms with Crippen molar-refractivity contribution in [2.24, 2.45) is 0 Å². The average molecular weight is 467 g/mol. The second-order valence-electron chi connectivity index (χ2n) is 9.50. The Bertz CT molecular complexity index is 596. The number of rotatable bonds is 13. The van der Waals surface area contributed by atoms with Crippen LogP contribution in [0, 0.1) is 0 Å². The third-order valence-electron chi connectivity index (χ3n) is 6.63. The van der Waals surface area contributed by atoms with Gasteiger partial charge in [0.15, 0.2) is 0 Å². The van der Waals surface area contributed by atoms with Gasteiger partial charge in [0.25, 0.3) is 0 Å². The summed E-state index contributed by atoms with van der Waals surface area (Å²) in [5.74, 6) is -1.00. The van der Waals surface area contributed by atoms with Gasteiger partial charge in [-0.05, 0) is 38.5 Å². The van der Waals surface area contributed by atoms with E-state index in [4.69, 9.17) is 5.21 Å². The van der Waals surface area contributed by atoms with Gasteiger partial charge in [0.2, 0.25) is 23.6 Å². The van der Waals surface area contributed by atoms with Crippen LogP contribution in [0.3, 0.4) is 0 Å². The summed E-state index contributed by atoms with van der Waals surface area (Å²) in [5, 5.41) is 14.6. The van der Waals surface area contributed by atoms with Gasteiger partial charge in [0.05, 0.1) is 0 Å². The minimum atomic E-state index is -0.412. The standard InChI is InChI=1S/C24H42N4O5/c29-21(27-33)15-9-1-2-10-16-24(32)28(17-22(30)25-19-11-5-3-6-12-19)18-23(31)26-20-13-7-4-8-14-20/h19-20,33H,1-18H2,(H,25,30)(H,26,31)(H,27,29). The molecular weight excluding hydrogens is 424 g/mol. The Morgan fingerprint density at radius 1 is 0.636 bits per heavy atom. The maximum atomic E-state index is 12.9. The number of nitrogens with one attached hydrogen (secondary N) is 3. The van der Waals surface area contributed by atoms with Gasteiger partial charge in [-0.15, -0.1) is 0 Å². The predicted octanol–water partition coefficient (Wildman–Crippen LogP) is 2.56. The minimum absolute atomic E-state index is 0.0932. The van der Waals surface area contributed by atoms with E-state index >= 15 is 0 Å². The summed E-state index contributed by atoms with van der Waals surface area (Å²) in [7, 11) is 0. The Balaban J connectivity index is 1.81. The number of carbonyl (C=O) groups is 4. The largest absolute Gasteiger partial charge is 0.352 e. The van der Waals surface area contributed by atoms with Gasteiger partial charge in [-0.25, -0.2) is 5.48 Å². The second-order valence-corrected chi connectivity index (χ2v) is 9.50. The SMILES string of the molecule is O=C(CCCCCCC(=O)N(CC(=O)NC1CCCCC1)CC(=O)NC1CCCCC1)NO. The van der Waals surface area contributed by atoms with Crippen LogP contribution >= 0.6 is 0 Å². The van der Waals surface area contributed by atoms with Crippen molar-refractivity contribution >= 4 is 23.6 Å². The smallest absolute Gasteiger partial charge is 0.243 e. The molecule has 2 saturated carbocycles. The molecule has 0 aromatic carbocycles. The molecule has 2 aliphatic carbocycles. The maximum absolute atomic E-state index is 12.9. The van der Waals surface area contributed by atoms with Crippen LogP contribution in [0.15, 0.2) is 0 Å². The second kappa shape index (κ2) is 15.6. The lowest BCUT2D eigenvalue weighted by Crippen LogP contribution is -2.49. The first-order valence-electron chi connectivity index (χ1n) is 12.8. The summed E-state index contributed by atoms with van der Waals surface area (Å²) in [4.78, 5) is 50.5. The van der Waals surface area contributed by atoms with Crippen molar-refractivity contribution in [3.8, 4) is 0 Å². The molecule has 0 bridgehead atoms. The highest BCUT2D eigenvalue weighted by Crippen LogP contribution is 2.18. The van der Waals surface area contributed by atoms with Gasteiger partial charge < -0.3 is 15.5 Å². The van der Waals surface area contributed by atoms with Gasteiger partial charge in [0.1, 0.15) is 13.1 Å². The molecule has 9 nitrogen and oxygen atoms in total. The Hall–Kier alpha value is -2.16. The van der Waals surface area contributed by atoms with Crippen LogP contribution in [-0.2, 0) is 19.2 Å². The van der Waals surface area contributed by atoms with Crippen molar-refractivity contribution in [1.29, 1.82) is 0 Å². The van der Waals surface area contributed by atoms with E-state index in [2.05, 4.69) is 10.6 Å². The van der Waals surface area contributed by atoms with Gasteiger partial charge in [0, 0.05) is 24.9 Å². The lowest BCUT2D eigenvalue weighted by Gasteiger charge is -2.27. The molecule has 9 heteroatoms. The maximum Gasteiger partial charge on any atom is 0.243 e. The van der Waals surface area contributed by atoms with E-state index in [0.29, 0.717) is 12.8 Å². The quantitative estimate of drug-likeness (QED) is 0.188. The van der Waals surface area contributed by atoms with Crippen LogP contribution < -0.4 is 16.1 Å². The molecule has 2 rings (SSSR count). The van der Waals surface area contributed by atoms with Crippen molar-refractivity contribution < 1.29 is 24.4 Å². The van der Waals surface area contributed by atoms with Crippen LogP contribution in [0.25, 0.3) is 0 Å². The van der Waals surface area contributed by atoms with Crippen molar-refractivity contribution in [3.63, 3.8) is 0 Å². The molecule has 0 radical (unpaired) electrons. The van der Waals surface area contributed by atoms with Crippen molar-refractivity contribution in [1.82, 2.24) is 21.0 Å². The Morgan fingerprint density at radius 2 is 1.09 bits per heavy atom. The molecule has 0 unspecified atom stereocenters. The highest BCUT2D eigenvalue weighted by molar-refractivity contribution is 5.89. The average Bonchev–Trinajstić information content (AvgIpc) is 2.81. The van der Waals surface area contributed by atoms with Crippen molar-refractivity contribution in [3.05, 3.63) is 0 Å². The molecule has 0 aliphatic heterocycles. The fourth-order valence-corrected chi connectivity index (χ4v) is 4.75. The number of nitrogens with zero attached hydrogens (tertiary/aromatic N) is 1. The summed E-state index contributed by atoms with van der Waals surface area (Å²) < 4.78 is 0. The fourth-order valence-electron chi connectivity index (χ4n) is 4.75. The molecule has 0 aromatic rings. The summed E-state index contributed by atoms with van der Waals surface area (Å²) in [5.41, 5.74) is 1.61. The Morgan fingerprint density at radius 3 is 1.55 bits per heavy atom. The number of hydroxylamine groups is 1. The van der Waals surface area contributed by atoms with E-state index in [-0.39, 0.29) is 55.7 Å². The number of amides is 4. The first-order valence-corrected chi connectivity index (χ1v) is 12.8. The molecule has 0 heterocycles. The van der Waals surface area contributed by atoms with Crippen LogP contribution in [0.4, 0.5) is 0 Å². The van der Waals surface area contributed by atoms with E-state index in [1.54, 1.807) is 5.48 Å². The Labute approximate surface area is 197 Å². The number of hydrogen-bond donors (Lipinski definition) is 4. The zero-order chi connectivity index (χ0) is 23.9. The molecule has 4 amide bonds. The first kappa shape index (κ1) is 27.1. The van der Waals surface area contributed by atoms with E-state index in [1.807, 2.05) is 0 Å². The molecule has 2 fully saturated rings. The summed E-state index contributed by atoms with van der Waals surface area (Å²) in [6, 6.07) is 0.325. The van der Waals surface area contributed by atoms with Crippen LogP contribution in [0.2, 0.25) is 0 Å². The molecule has 2 aliphatic rings. The summed E-state index contributed by atoms with van der Waals surface area (Å²) >= 11 is 0.